The van der Waals surface area contributed by atoms with Gasteiger partial charge in [-0.05, 0) is 53.4 Å². The summed E-state index contributed by atoms with van der Waals surface area (Å²) in [5.41, 5.74) is -0.757. The molecule has 1 fully saturated rings. The number of hydrogen-bond donors (Lipinski definition) is 0. The molecular weight excluding hydrogens is 512 g/mol. The van der Waals surface area contributed by atoms with Gasteiger partial charge in [0.15, 0.2) is 0 Å². The molecule has 0 aliphatic carbocycles. The largest absolute Gasteiger partial charge is 0.416 e. The van der Waals surface area contributed by atoms with Crippen LogP contribution in [0.4, 0.5) is 32.2 Å². The molecule has 0 bridgehead atoms. The van der Waals surface area contributed by atoms with Crippen molar-refractivity contribution in [2.45, 2.75) is 25.8 Å². The Bertz CT molecular complexity index is 1280. The van der Waals surface area contributed by atoms with E-state index in [0.717, 1.165) is 16.0 Å². The Morgan fingerprint density at radius 3 is 2.13 bits per heavy atom. The molecule has 2 heterocycles. The summed E-state index contributed by atoms with van der Waals surface area (Å²) in [5, 5.41) is 0. The van der Waals surface area contributed by atoms with Crippen LogP contribution in [0.15, 0.2) is 54.7 Å². The number of carbonyl (C=O) groups excluding carboxylic acids is 1. The van der Waals surface area contributed by atoms with Crippen LogP contribution in [0.5, 0.6) is 0 Å². The lowest BCUT2D eigenvalue weighted by molar-refractivity contribution is -0.143. The number of ether oxygens (including phenoxy) is 1. The van der Waals surface area contributed by atoms with E-state index < -0.39 is 35.9 Å². The van der Waals surface area contributed by atoms with Crippen LogP contribution in [0.25, 0.3) is 11.1 Å². The first-order valence-corrected chi connectivity index (χ1v) is 11.8. The highest BCUT2D eigenvalue weighted by atomic mass is 19.4. The van der Waals surface area contributed by atoms with Crippen LogP contribution in [0.2, 0.25) is 0 Å². The number of hydrogen-bond acceptors (Lipinski definition) is 4. The topological polar surface area (TPSA) is 45.7 Å². The summed E-state index contributed by atoms with van der Waals surface area (Å²) >= 11 is 0. The lowest BCUT2D eigenvalue weighted by Crippen LogP contribution is -2.37. The first-order chi connectivity index (χ1) is 17.8. The number of aryl methyl sites for hydroxylation is 1. The normalized spacial score (nSPS) is 14.5. The van der Waals surface area contributed by atoms with Crippen molar-refractivity contribution in [2.24, 2.45) is 0 Å². The van der Waals surface area contributed by atoms with Gasteiger partial charge in [-0.2, -0.15) is 26.3 Å². The first-order valence-electron chi connectivity index (χ1n) is 11.8. The maximum absolute atomic E-state index is 13.5. The molecule has 1 aliphatic heterocycles. The second-order valence-electron chi connectivity index (χ2n) is 9.08. The molecule has 1 amide bonds. The van der Waals surface area contributed by atoms with Gasteiger partial charge in [0, 0.05) is 32.9 Å². The van der Waals surface area contributed by atoms with Gasteiger partial charge in [0.25, 0.3) is 5.91 Å². The van der Waals surface area contributed by atoms with E-state index in [1.165, 1.54) is 13.2 Å². The molecule has 4 rings (SSSR count). The monoisotopic (exact) mass is 537 g/mol. The van der Waals surface area contributed by atoms with Crippen LogP contribution in [0.1, 0.15) is 32.6 Å². The number of rotatable bonds is 5. The number of halogens is 6. The van der Waals surface area contributed by atoms with Crippen LogP contribution in [-0.2, 0) is 23.6 Å². The van der Waals surface area contributed by atoms with Crippen molar-refractivity contribution in [3.05, 3.63) is 82.5 Å². The van der Waals surface area contributed by atoms with E-state index in [9.17, 15) is 31.1 Å². The summed E-state index contributed by atoms with van der Waals surface area (Å²) in [6.45, 7) is 3.70. The summed E-state index contributed by atoms with van der Waals surface area (Å²) in [7, 11) is 1.33. The number of pyridine rings is 1. The number of nitrogens with zero attached hydrogens (tertiary/aromatic N) is 3. The molecule has 1 aromatic heterocycles. The molecule has 38 heavy (non-hydrogen) atoms. The third kappa shape index (κ3) is 6.09. The molecule has 11 heteroatoms. The van der Waals surface area contributed by atoms with Crippen molar-refractivity contribution >= 4 is 11.7 Å². The van der Waals surface area contributed by atoms with Crippen LogP contribution >= 0.6 is 0 Å². The SMILES string of the molecule is Cc1ccccc1-c1cc(N2CCOCC2)ncc1C(=O)N(C)Cc1cc(C(F)(F)F)cc(C(F)(F)F)c1. The predicted molar refractivity (Wildman–Crippen MR) is 130 cm³/mol. The van der Waals surface area contributed by atoms with E-state index in [0.29, 0.717) is 49.8 Å². The Morgan fingerprint density at radius 2 is 1.55 bits per heavy atom. The highest BCUT2D eigenvalue weighted by Gasteiger charge is 2.37. The number of amides is 1. The minimum absolute atomic E-state index is 0.0654. The number of aromatic nitrogens is 1. The van der Waals surface area contributed by atoms with Gasteiger partial charge in [-0.15, -0.1) is 0 Å². The van der Waals surface area contributed by atoms with Gasteiger partial charge < -0.3 is 14.5 Å². The zero-order chi connectivity index (χ0) is 27.7. The molecule has 0 spiro atoms. The fraction of sp³-hybridized carbons (Fsp3) is 0.333. The third-order valence-corrected chi connectivity index (χ3v) is 6.30. The summed E-state index contributed by atoms with van der Waals surface area (Å²) in [6, 6.07) is 10.5. The van der Waals surface area contributed by atoms with E-state index in [1.807, 2.05) is 36.1 Å². The quantitative estimate of drug-likeness (QED) is 0.364. The highest BCUT2D eigenvalue weighted by Crippen LogP contribution is 2.37. The molecule has 0 atom stereocenters. The number of carbonyl (C=O) groups is 1. The number of benzene rings is 2. The lowest BCUT2D eigenvalue weighted by atomic mass is 9.96. The molecule has 0 saturated carbocycles. The number of alkyl halides is 6. The Kier molecular flexibility index (Phi) is 7.68. The van der Waals surface area contributed by atoms with Crippen molar-refractivity contribution in [1.82, 2.24) is 9.88 Å². The standard InChI is InChI=1S/C27H25F6N3O2/c1-17-5-3-4-6-21(17)22-14-24(36-7-9-38-10-8-36)34-15-23(22)25(37)35(2)16-18-11-19(26(28,29)30)13-20(12-18)27(31,32)33/h3-6,11-15H,7-10,16H2,1-2H3. The van der Waals surface area contributed by atoms with E-state index >= 15 is 0 Å². The van der Waals surface area contributed by atoms with Crippen molar-refractivity contribution in [2.75, 3.05) is 38.3 Å². The van der Waals surface area contributed by atoms with Crippen LogP contribution < -0.4 is 4.90 Å². The van der Waals surface area contributed by atoms with E-state index in [2.05, 4.69) is 4.98 Å². The average molecular weight is 538 g/mol. The molecule has 5 nitrogen and oxygen atoms in total. The molecule has 1 aliphatic rings. The fourth-order valence-corrected chi connectivity index (χ4v) is 4.34. The van der Waals surface area contributed by atoms with E-state index in [4.69, 9.17) is 4.74 Å². The highest BCUT2D eigenvalue weighted by molar-refractivity contribution is 6.01. The maximum Gasteiger partial charge on any atom is 0.416 e. The van der Waals surface area contributed by atoms with Gasteiger partial charge in [0.2, 0.25) is 0 Å². The van der Waals surface area contributed by atoms with Gasteiger partial charge in [-0.1, -0.05) is 24.3 Å². The van der Waals surface area contributed by atoms with Crippen molar-refractivity contribution in [3.8, 4) is 11.1 Å². The molecule has 0 unspecified atom stereocenters. The molecule has 1 saturated heterocycles. The smallest absolute Gasteiger partial charge is 0.378 e. The summed E-state index contributed by atoms with van der Waals surface area (Å²) in [4.78, 5) is 21.1. The Labute approximate surface area is 215 Å². The van der Waals surface area contributed by atoms with E-state index in [1.54, 1.807) is 6.07 Å². The molecule has 2 aromatic carbocycles. The number of morpholine rings is 1. The third-order valence-electron chi connectivity index (χ3n) is 6.30. The van der Waals surface area contributed by atoms with E-state index in [-0.39, 0.29) is 17.2 Å². The van der Waals surface area contributed by atoms with Gasteiger partial charge in [0.1, 0.15) is 5.82 Å². The second-order valence-corrected chi connectivity index (χ2v) is 9.08. The predicted octanol–water partition coefficient (Wildman–Crippen LogP) is 6.20. The molecular formula is C27H25F6N3O2. The molecule has 202 valence electrons. The van der Waals surface area contributed by atoms with Gasteiger partial charge >= 0.3 is 12.4 Å². The summed E-state index contributed by atoms with van der Waals surface area (Å²) in [6.07, 6.45) is -8.55. The molecule has 0 radical (unpaired) electrons. The number of anilines is 1. The zero-order valence-corrected chi connectivity index (χ0v) is 20.7. The Morgan fingerprint density at radius 1 is 0.947 bits per heavy atom. The van der Waals surface area contributed by atoms with Gasteiger partial charge in [0.05, 0.1) is 29.9 Å². The first kappa shape index (κ1) is 27.4. The zero-order valence-electron chi connectivity index (χ0n) is 20.7. The fourth-order valence-electron chi connectivity index (χ4n) is 4.34. The summed E-state index contributed by atoms with van der Waals surface area (Å²) in [5.74, 6) is 0.0497. The molecule has 3 aromatic rings. The van der Waals surface area contributed by atoms with Crippen molar-refractivity contribution in [1.29, 1.82) is 0 Å². The van der Waals surface area contributed by atoms with Gasteiger partial charge in [-0.25, -0.2) is 4.98 Å². The second kappa shape index (κ2) is 10.6. The van der Waals surface area contributed by atoms with Crippen molar-refractivity contribution in [3.63, 3.8) is 0 Å². The van der Waals surface area contributed by atoms with Crippen molar-refractivity contribution < 1.29 is 35.9 Å². The van der Waals surface area contributed by atoms with Gasteiger partial charge in [-0.3, -0.25) is 4.79 Å². The Balaban J connectivity index is 1.71. The van der Waals surface area contributed by atoms with Crippen LogP contribution in [0.3, 0.4) is 0 Å². The molecule has 0 N–H and O–H groups in total. The lowest BCUT2D eigenvalue weighted by Gasteiger charge is -2.29. The minimum Gasteiger partial charge on any atom is -0.378 e. The Hall–Kier alpha value is -3.60. The maximum atomic E-state index is 13.5. The summed E-state index contributed by atoms with van der Waals surface area (Å²) < 4.78 is 85.2. The van der Waals surface area contributed by atoms with Crippen LogP contribution in [-0.4, -0.2) is 49.1 Å². The van der Waals surface area contributed by atoms with Crippen LogP contribution in [0, 0.1) is 6.92 Å². The average Bonchev–Trinajstić information content (AvgIpc) is 2.87. The minimum atomic E-state index is -4.98.